The average Bonchev–Trinajstić information content (AvgIpc) is 3.76. The molecule has 4 rings (SSSR count). The SMILES string of the molecule is CC.COC(=O)c1cc(C2CC2)c(OCC2(C#N)CCN(Cc3cc(C(F)(F)F)cc(Cl)c3F)CC2)cc1F. The maximum Gasteiger partial charge on any atom is 0.416 e. The van der Waals surface area contributed by atoms with Gasteiger partial charge in [0.2, 0.25) is 0 Å². The van der Waals surface area contributed by atoms with Crippen molar-refractivity contribution in [3.8, 4) is 11.8 Å². The lowest BCUT2D eigenvalue weighted by atomic mass is 9.80. The first-order valence-corrected chi connectivity index (χ1v) is 13.1. The molecule has 0 radical (unpaired) electrons. The highest BCUT2D eigenvalue weighted by Gasteiger charge is 2.38. The number of hydrogen-bond donors (Lipinski definition) is 0. The Hall–Kier alpha value is -2.90. The normalized spacial score (nSPS) is 17.0. The number of piperidine rings is 1. The zero-order valence-corrected chi connectivity index (χ0v) is 22.7. The number of likely N-dealkylation sites (tertiary alicyclic amines) is 1. The fourth-order valence-electron chi connectivity index (χ4n) is 4.49. The highest BCUT2D eigenvalue weighted by atomic mass is 35.5. The molecule has 0 spiro atoms. The molecule has 0 unspecified atom stereocenters. The van der Waals surface area contributed by atoms with Crippen LogP contribution in [-0.4, -0.2) is 37.7 Å². The molecule has 1 saturated carbocycles. The van der Waals surface area contributed by atoms with Crippen molar-refractivity contribution in [1.29, 1.82) is 5.26 Å². The van der Waals surface area contributed by atoms with Crippen molar-refractivity contribution in [2.24, 2.45) is 5.41 Å². The molecule has 0 atom stereocenters. The van der Waals surface area contributed by atoms with Crippen molar-refractivity contribution < 1.29 is 36.2 Å². The summed E-state index contributed by atoms with van der Waals surface area (Å²) in [7, 11) is 1.17. The molecule has 2 aromatic rings. The zero-order valence-electron chi connectivity index (χ0n) is 21.9. The van der Waals surface area contributed by atoms with E-state index in [1.165, 1.54) is 13.2 Å². The Morgan fingerprint density at radius 1 is 1.15 bits per heavy atom. The van der Waals surface area contributed by atoms with Gasteiger partial charge in [0.05, 0.1) is 34.7 Å². The van der Waals surface area contributed by atoms with Gasteiger partial charge >= 0.3 is 12.1 Å². The number of nitriles is 1. The van der Waals surface area contributed by atoms with Crippen molar-refractivity contribution >= 4 is 17.6 Å². The lowest BCUT2D eigenvalue weighted by Crippen LogP contribution is -2.42. The van der Waals surface area contributed by atoms with Crippen LogP contribution >= 0.6 is 11.6 Å². The Kier molecular flexibility index (Phi) is 9.83. The summed E-state index contributed by atoms with van der Waals surface area (Å²) in [5.41, 5.74) is -1.61. The van der Waals surface area contributed by atoms with E-state index in [9.17, 15) is 32.0 Å². The van der Waals surface area contributed by atoms with E-state index in [0.29, 0.717) is 37.6 Å². The third-order valence-electron chi connectivity index (χ3n) is 6.90. The molecule has 1 aliphatic carbocycles. The number of carbonyl (C=O) groups excluding carboxylic acids is 1. The third-order valence-corrected chi connectivity index (χ3v) is 7.18. The van der Waals surface area contributed by atoms with Gasteiger partial charge in [-0.15, -0.1) is 0 Å². The molecule has 5 nitrogen and oxygen atoms in total. The van der Waals surface area contributed by atoms with E-state index in [1.807, 2.05) is 13.8 Å². The van der Waals surface area contributed by atoms with E-state index in [1.54, 1.807) is 4.90 Å². The molecule has 0 bridgehead atoms. The minimum absolute atomic E-state index is 0.0299. The quantitative estimate of drug-likeness (QED) is 0.254. The maximum absolute atomic E-state index is 14.6. The third kappa shape index (κ3) is 7.20. The number of esters is 1. The number of nitrogens with zero attached hydrogens (tertiary/aromatic N) is 2. The van der Waals surface area contributed by atoms with E-state index in [4.69, 9.17) is 16.3 Å². The standard InChI is InChI=1S/C26H24ClF5N2O3.C2H6/c1-36-24(35)19-10-18(15-2-3-15)22(11-21(19)28)37-14-25(13-33)4-6-34(7-5-25)12-16-8-17(26(30,31)32)9-20(27)23(16)29;1-2/h8-11,15H,2-7,12,14H2,1H3;1-2H3. The minimum atomic E-state index is -4.66. The smallest absolute Gasteiger partial charge is 0.416 e. The Labute approximate surface area is 229 Å². The topological polar surface area (TPSA) is 62.6 Å². The van der Waals surface area contributed by atoms with Gasteiger partial charge in [-0.25, -0.2) is 13.6 Å². The Morgan fingerprint density at radius 3 is 2.33 bits per heavy atom. The number of carbonyl (C=O) groups is 1. The molecule has 1 aliphatic heterocycles. The monoisotopic (exact) mass is 572 g/mol. The second-order valence-corrected chi connectivity index (χ2v) is 9.93. The fourth-order valence-corrected chi connectivity index (χ4v) is 4.72. The van der Waals surface area contributed by atoms with Gasteiger partial charge in [-0.05, 0) is 55.4 Å². The largest absolute Gasteiger partial charge is 0.492 e. The summed E-state index contributed by atoms with van der Waals surface area (Å²) in [5.74, 6) is -2.07. The van der Waals surface area contributed by atoms with Crippen LogP contribution in [0.3, 0.4) is 0 Å². The highest BCUT2D eigenvalue weighted by Crippen LogP contribution is 2.46. The number of rotatable bonds is 7. The predicted octanol–water partition coefficient (Wildman–Crippen LogP) is 7.51. The van der Waals surface area contributed by atoms with Crippen LogP contribution in [0.4, 0.5) is 22.0 Å². The van der Waals surface area contributed by atoms with Gasteiger partial charge in [0.1, 0.15) is 24.0 Å². The van der Waals surface area contributed by atoms with Crippen molar-refractivity contribution in [1.82, 2.24) is 4.90 Å². The molecule has 0 N–H and O–H groups in total. The molecule has 2 fully saturated rings. The number of benzene rings is 2. The van der Waals surface area contributed by atoms with Gasteiger partial charge < -0.3 is 9.47 Å². The van der Waals surface area contributed by atoms with Gasteiger partial charge in [-0.3, -0.25) is 4.90 Å². The molecule has 2 aliphatic rings. The van der Waals surface area contributed by atoms with Crippen LogP contribution < -0.4 is 4.74 Å². The van der Waals surface area contributed by atoms with Gasteiger partial charge in [0.15, 0.2) is 0 Å². The van der Waals surface area contributed by atoms with E-state index >= 15 is 0 Å². The number of alkyl halides is 3. The van der Waals surface area contributed by atoms with Crippen LogP contribution in [0.2, 0.25) is 5.02 Å². The van der Waals surface area contributed by atoms with Gasteiger partial charge in [-0.2, -0.15) is 18.4 Å². The number of halogens is 6. The average molecular weight is 573 g/mol. The molecule has 1 saturated heterocycles. The summed E-state index contributed by atoms with van der Waals surface area (Å²) in [6, 6.07) is 6.16. The van der Waals surface area contributed by atoms with Crippen LogP contribution in [0.15, 0.2) is 24.3 Å². The molecule has 212 valence electrons. The lowest BCUT2D eigenvalue weighted by Gasteiger charge is -2.37. The second-order valence-electron chi connectivity index (χ2n) is 9.52. The minimum Gasteiger partial charge on any atom is -0.492 e. The molecular formula is C28H30ClF5N2O3. The van der Waals surface area contributed by atoms with Crippen LogP contribution in [-0.2, 0) is 17.5 Å². The lowest BCUT2D eigenvalue weighted by molar-refractivity contribution is -0.137. The molecule has 0 amide bonds. The molecule has 11 heteroatoms. The summed E-state index contributed by atoms with van der Waals surface area (Å²) in [4.78, 5) is 13.6. The fraction of sp³-hybridized carbons (Fsp3) is 0.500. The van der Waals surface area contributed by atoms with Crippen LogP contribution in [0.1, 0.15) is 72.5 Å². The second kappa shape index (κ2) is 12.5. The number of hydrogen-bond acceptors (Lipinski definition) is 5. The van der Waals surface area contributed by atoms with Gasteiger partial charge in [0, 0.05) is 31.3 Å². The summed E-state index contributed by atoms with van der Waals surface area (Å²) in [6.07, 6.45) is -2.28. The molecule has 1 heterocycles. The van der Waals surface area contributed by atoms with Crippen molar-refractivity contribution in [3.63, 3.8) is 0 Å². The maximum atomic E-state index is 14.6. The van der Waals surface area contributed by atoms with Crippen molar-refractivity contribution in [2.45, 2.75) is 58.2 Å². The van der Waals surface area contributed by atoms with E-state index in [-0.39, 0.29) is 35.9 Å². The van der Waals surface area contributed by atoms with E-state index in [0.717, 1.165) is 25.0 Å². The first-order valence-electron chi connectivity index (χ1n) is 12.7. The Morgan fingerprint density at radius 2 is 1.79 bits per heavy atom. The number of methoxy groups -OCH3 is 1. The predicted molar refractivity (Wildman–Crippen MR) is 136 cm³/mol. The summed E-state index contributed by atoms with van der Waals surface area (Å²) in [5, 5.41) is 9.31. The van der Waals surface area contributed by atoms with Crippen molar-refractivity contribution in [2.75, 3.05) is 26.8 Å². The summed E-state index contributed by atoms with van der Waals surface area (Å²) < 4.78 is 78.9. The molecular weight excluding hydrogens is 543 g/mol. The van der Waals surface area contributed by atoms with Crippen molar-refractivity contribution in [3.05, 3.63) is 63.2 Å². The van der Waals surface area contributed by atoms with Gasteiger partial charge in [-0.1, -0.05) is 25.4 Å². The van der Waals surface area contributed by atoms with Crippen LogP contribution in [0, 0.1) is 28.4 Å². The highest BCUT2D eigenvalue weighted by molar-refractivity contribution is 6.30. The molecule has 39 heavy (non-hydrogen) atoms. The zero-order chi connectivity index (χ0) is 29.0. The van der Waals surface area contributed by atoms with E-state index in [2.05, 4.69) is 10.8 Å². The van der Waals surface area contributed by atoms with Crippen LogP contribution in [0.25, 0.3) is 0 Å². The van der Waals surface area contributed by atoms with E-state index < -0.39 is 39.8 Å². The number of ether oxygens (including phenoxy) is 2. The first kappa shape index (κ1) is 30.6. The molecule has 2 aromatic carbocycles. The Bertz CT molecular complexity index is 1230. The first-order chi connectivity index (χ1) is 18.5. The van der Waals surface area contributed by atoms with Gasteiger partial charge in [0.25, 0.3) is 0 Å². The summed E-state index contributed by atoms with van der Waals surface area (Å²) in [6.45, 7) is 4.51. The Balaban J connectivity index is 0.00000205. The summed E-state index contributed by atoms with van der Waals surface area (Å²) >= 11 is 5.69. The van der Waals surface area contributed by atoms with Crippen LogP contribution in [0.5, 0.6) is 5.75 Å². The molecule has 0 aromatic heterocycles.